The Morgan fingerprint density at radius 2 is 1.48 bits per heavy atom. The van der Waals surface area contributed by atoms with Gasteiger partial charge in [0.2, 0.25) is 11.8 Å². The van der Waals surface area contributed by atoms with Crippen LogP contribution in [0, 0.1) is 13.8 Å². The Morgan fingerprint density at radius 3 is 2.09 bits per heavy atom. The van der Waals surface area contributed by atoms with Gasteiger partial charge in [-0.05, 0) is 87.2 Å². The minimum absolute atomic E-state index is 0.0438. The maximum Gasteiger partial charge on any atom is 0.264 e. The molecule has 0 aliphatic carbocycles. The van der Waals surface area contributed by atoms with Gasteiger partial charge in [0.25, 0.3) is 10.0 Å². The molecule has 46 heavy (non-hydrogen) atoms. The molecular weight excluding hydrogens is 641 g/mol. The van der Waals surface area contributed by atoms with Crippen molar-refractivity contribution in [2.24, 2.45) is 0 Å². The zero-order valence-corrected chi connectivity index (χ0v) is 29.0. The predicted octanol–water partition coefficient (Wildman–Crippen LogP) is 7.36. The van der Waals surface area contributed by atoms with Gasteiger partial charge in [0.05, 0.1) is 10.6 Å². The Morgan fingerprint density at radius 1 is 0.848 bits per heavy atom. The third-order valence-electron chi connectivity index (χ3n) is 7.37. The molecule has 0 spiro atoms. The molecule has 0 heterocycles. The molecule has 0 unspecified atom stereocenters. The molecule has 4 aromatic rings. The van der Waals surface area contributed by atoms with Crippen LogP contribution in [-0.4, -0.2) is 43.3 Å². The van der Waals surface area contributed by atoms with Gasteiger partial charge in [0, 0.05) is 28.5 Å². The molecule has 1 N–H and O–H groups in total. The van der Waals surface area contributed by atoms with Crippen molar-refractivity contribution in [3.8, 4) is 0 Å². The van der Waals surface area contributed by atoms with E-state index in [0.717, 1.165) is 15.4 Å². The van der Waals surface area contributed by atoms with Crippen molar-refractivity contribution >= 4 is 50.7 Å². The highest BCUT2D eigenvalue weighted by Crippen LogP contribution is 2.30. The summed E-state index contributed by atoms with van der Waals surface area (Å²) in [7, 11) is -4.20. The third kappa shape index (κ3) is 8.90. The number of anilines is 1. The first-order valence-corrected chi connectivity index (χ1v) is 17.1. The van der Waals surface area contributed by atoms with Gasteiger partial charge in [-0.15, -0.1) is 0 Å². The number of carbonyl (C=O) groups is 2. The summed E-state index contributed by atoms with van der Waals surface area (Å²) >= 11 is 12.8. The van der Waals surface area contributed by atoms with Crippen LogP contribution in [0.3, 0.4) is 0 Å². The van der Waals surface area contributed by atoms with E-state index < -0.39 is 34.1 Å². The predicted molar refractivity (Wildman–Crippen MR) is 186 cm³/mol. The Labute approximate surface area is 282 Å². The quantitative estimate of drug-likeness (QED) is 0.179. The Bertz CT molecular complexity index is 1790. The Kier molecular flexibility index (Phi) is 11.2. The van der Waals surface area contributed by atoms with Gasteiger partial charge in [-0.1, -0.05) is 89.9 Å². The maximum absolute atomic E-state index is 14.7. The van der Waals surface area contributed by atoms with Crippen LogP contribution < -0.4 is 9.62 Å². The molecule has 4 aromatic carbocycles. The van der Waals surface area contributed by atoms with Crippen molar-refractivity contribution < 1.29 is 18.0 Å². The smallest absolute Gasteiger partial charge is 0.264 e. The second-order valence-corrected chi connectivity index (χ2v) is 15.0. The summed E-state index contributed by atoms with van der Waals surface area (Å²) in [6, 6.07) is 26.8. The number of rotatable bonds is 11. The van der Waals surface area contributed by atoms with E-state index in [2.05, 4.69) is 5.32 Å². The maximum atomic E-state index is 14.7. The van der Waals surface area contributed by atoms with Crippen LogP contribution in [0.4, 0.5) is 5.69 Å². The molecule has 1 atom stereocenters. The van der Waals surface area contributed by atoms with Gasteiger partial charge in [-0.2, -0.15) is 0 Å². The van der Waals surface area contributed by atoms with Crippen LogP contribution in [0.1, 0.15) is 43.0 Å². The highest BCUT2D eigenvalue weighted by molar-refractivity contribution is 7.92. The molecule has 0 bridgehead atoms. The minimum Gasteiger partial charge on any atom is -0.350 e. The van der Waals surface area contributed by atoms with Gasteiger partial charge in [-0.25, -0.2) is 8.42 Å². The molecule has 4 rings (SSSR count). The van der Waals surface area contributed by atoms with Crippen molar-refractivity contribution in [3.05, 3.63) is 129 Å². The van der Waals surface area contributed by atoms with Gasteiger partial charge < -0.3 is 10.2 Å². The van der Waals surface area contributed by atoms with E-state index in [-0.39, 0.29) is 23.8 Å². The Balaban J connectivity index is 1.86. The van der Waals surface area contributed by atoms with Crippen LogP contribution in [0.5, 0.6) is 0 Å². The highest BCUT2D eigenvalue weighted by Gasteiger charge is 2.36. The van der Waals surface area contributed by atoms with Gasteiger partial charge >= 0.3 is 0 Å². The van der Waals surface area contributed by atoms with Crippen LogP contribution in [0.15, 0.2) is 102 Å². The second-order valence-electron chi connectivity index (χ2n) is 12.3. The van der Waals surface area contributed by atoms with Crippen molar-refractivity contribution in [3.63, 3.8) is 0 Å². The fourth-order valence-corrected chi connectivity index (χ4v) is 7.02. The van der Waals surface area contributed by atoms with Crippen LogP contribution in [-0.2, 0) is 32.6 Å². The molecule has 242 valence electrons. The van der Waals surface area contributed by atoms with Gasteiger partial charge in [0.15, 0.2) is 0 Å². The van der Waals surface area contributed by atoms with E-state index in [1.165, 1.54) is 17.0 Å². The monoisotopic (exact) mass is 679 g/mol. The van der Waals surface area contributed by atoms with Crippen molar-refractivity contribution in [1.29, 1.82) is 0 Å². The SMILES string of the molecule is Cc1ccc(C)c(N(CC(=O)N(Cc2ccc(Cl)cc2Cl)[C@@H](Cc2ccccc2)C(=O)NC(C)(C)C)S(=O)(=O)c2ccccc2)c1. The first-order valence-electron chi connectivity index (χ1n) is 14.9. The normalized spacial score (nSPS) is 12.3. The summed E-state index contributed by atoms with van der Waals surface area (Å²) in [5, 5.41) is 3.77. The minimum atomic E-state index is -4.20. The summed E-state index contributed by atoms with van der Waals surface area (Å²) in [6.07, 6.45) is 0.189. The topological polar surface area (TPSA) is 86.8 Å². The number of hydrogen-bond acceptors (Lipinski definition) is 4. The number of nitrogens with zero attached hydrogens (tertiary/aromatic N) is 2. The van der Waals surface area contributed by atoms with E-state index in [0.29, 0.717) is 26.9 Å². The zero-order valence-electron chi connectivity index (χ0n) is 26.6. The standard InChI is InChI=1S/C36H39Cl2N3O4S/c1-25-16-17-26(2)32(20-25)41(46(44,45)30-14-10-7-11-15-30)24-34(42)40(23-28-18-19-29(37)22-31(28)38)33(35(43)39-36(3,4)5)21-27-12-8-6-9-13-27/h6-20,22,33H,21,23-24H2,1-5H3,(H,39,43)/t33-/m0/s1. The fraction of sp³-hybridized carbons (Fsp3) is 0.278. The third-order valence-corrected chi connectivity index (χ3v) is 9.73. The van der Waals surface area contributed by atoms with E-state index in [1.807, 2.05) is 70.2 Å². The molecule has 0 radical (unpaired) electrons. The van der Waals surface area contributed by atoms with Crippen LogP contribution >= 0.6 is 23.2 Å². The summed E-state index contributed by atoms with van der Waals surface area (Å²) in [6.45, 7) is 8.63. The molecule has 2 amide bonds. The van der Waals surface area contributed by atoms with Crippen molar-refractivity contribution in [2.75, 3.05) is 10.8 Å². The molecule has 0 saturated carbocycles. The average Bonchev–Trinajstić information content (AvgIpc) is 3.00. The van der Waals surface area contributed by atoms with Crippen molar-refractivity contribution in [1.82, 2.24) is 10.2 Å². The average molecular weight is 681 g/mol. The second kappa shape index (κ2) is 14.7. The Hall–Kier alpha value is -3.85. The number of benzene rings is 4. The van der Waals surface area contributed by atoms with E-state index >= 15 is 0 Å². The lowest BCUT2D eigenvalue weighted by Gasteiger charge is -2.35. The number of hydrogen-bond donors (Lipinski definition) is 1. The number of amides is 2. The number of carbonyl (C=O) groups excluding carboxylic acids is 2. The van der Waals surface area contributed by atoms with Crippen molar-refractivity contribution in [2.45, 2.75) is 64.1 Å². The lowest BCUT2D eigenvalue weighted by Crippen LogP contribution is -2.56. The number of nitrogens with one attached hydrogen (secondary N) is 1. The molecule has 0 saturated heterocycles. The number of aryl methyl sites for hydroxylation is 2. The first-order chi connectivity index (χ1) is 21.7. The molecular formula is C36H39Cl2N3O4S. The van der Waals surface area contributed by atoms with Crippen LogP contribution in [0.25, 0.3) is 0 Å². The number of halogens is 2. The summed E-state index contributed by atoms with van der Waals surface area (Å²) in [4.78, 5) is 30.1. The lowest BCUT2D eigenvalue weighted by atomic mass is 10.0. The van der Waals surface area contributed by atoms with E-state index in [4.69, 9.17) is 23.2 Å². The number of sulfonamides is 1. The van der Waals surface area contributed by atoms with Crippen LogP contribution in [0.2, 0.25) is 10.0 Å². The molecule has 0 fully saturated rings. The molecule has 0 aliphatic heterocycles. The van der Waals surface area contributed by atoms with Gasteiger partial charge in [-0.3, -0.25) is 13.9 Å². The zero-order chi connectivity index (χ0) is 33.6. The molecule has 0 aliphatic rings. The van der Waals surface area contributed by atoms with Gasteiger partial charge in [0.1, 0.15) is 12.6 Å². The van der Waals surface area contributed by atoms with E-state index in [9.17, 15) is 18.0 Å². The molecule has 7 nitrogen and oxygen atoms in total. The molecule has 0 aromatic heterocycles. The fourth-order valence-electron chi connectivity index (χ4n) is 5.06. The van der Waals surface area contributed by atoms with E-state index in [1.54, 1.807) is 49.4 Å². The molecule has 10 heteroatoms. The summed E-state index contributed by atoms with van der Waals surface area (Å²) in [5.41, 5.74) is 2.68. The highest BCUT2D eigenvalue weighted by atomic mass is 35.5. The first kappa shape index (κ1) is 35.0. The summed E-state index contributed by atoms with van der Waals surface area (Å²) < 4.78 is 29.6. The lowest BCUT2D eigenvalue weighted by molar-refractivity contribution is -0.140. The summed E-state index contributed by atoms with van der Waals surface area (Å²) in [5.74, 6) is -0.949. The largest absolute Gasteiger partial charge is 0.350 e.